The van der Waals surface area contributed by atoms with E-state index in [1.54, 1.807) is 6.07 Å². The van der Waals surface area contributed by atoms with Crippen molar-refractivity contribution in [1.82, 2.24) is 4.98 Å². The predicted octanol–water partition coefficient (Wildman–Crippen LogP) is 1.58. The second-order valence-electron chi connectivity index (χ2n) is 4.53. The number of anilines is 1. The summed E-state index contributed by atoms with van der Waals surface area (Å²) in [6.07, 6.45) is 4.12. The highest BCUT2D eigenvalue weighted by Crippen LogP contribution is 2.29. The fourth-order valence-electron chi connectivity index (χ4n) is 2.29. The molecule has 2 atom stereocenters. The molecule has 2 unspecified atom stereocenters. The van der Waals surface area contributed by atoms with Gasteiger partial charge in [-0.1, -0.05) is 12.8 Å². The van der Waals surface area contributed by atoms with E-state index in [1.807, 2.05) is 0 Å². The number of hydrogen-bond acceptors (Lipinski definition) is 6. The minimum Gasteiger partial charge on any atom is -0.391 e. The van der Waals surface area contributed by atoms with E-state index in [1.165, 1.54) is 12.3 Å². The van der Waals surface area contributed by atoms with Crippen molar-refractivity contribution in [3.8, 4) is 6.07 Å². The first kappa shape index (κ1) is 13.2. The van der Waals surface area contributed by atoms with Crippen molar-refractivity contribution < 1.29 is 10.0 Å². The maximum absolute atomic E-state index is 11.0. The number of nitrogens with zero attached hydrogens (tertiary/aromatic N) is 3. The molecule has 0 saturated heterocycles. The van der Waals surface area contributed by atoms with Crippen LogP contribution in [0.15, 0.2) is 12.3 Å². The van der Waals surface area contributed by atoms with Gasteiger partial charge in [0.1, 0.15) is 11.6 Å². The smallest absolute Gasteiger partial charge is 0.328 e. The second-order valence-corrected chi connectivity index (χ2v) is 4.53. The predicted molar refractivity (Wildman–Crippen MR) is 67.5 cm³/mol. The molecule has 1 aliphatic rings. The summed E-state index contributed by atoms with van der Waals surface area (Å²) in [5, 5.41) is 32.7. The lowest BCUT2D eigenvalue weighted by atomic mass is 9.92. The lowest BCUT2D eigenvalue weighted by Gasteiger charge is -2.28. The third kappa shape index (κ3) is 2.80. The molecule has 0 bridgehead atoms. The summed E-state index contributed by atoms with van der Waals surface area (Å²) >= 11 is 0. The van der Waals surface area contributed by atoms with E-state index in [0.717, 1.165) is 19.3 Å². The van der Waals surface area contributed by atoms with Gasteiger partial charge in [-0.05, 0) is 18.9 Å². The number of pyridine rings is 1. The Balaban J connectivity index is 2.29. The quantitative estimate of drug-likeness (QED) is 0.631. The van der Waals surface area contributed by atoms with E-state index in [0.29, 0.717) is 6.42 Å². The molecule has 100 valence electrons. The normalized spacial score (nSPS) is 22.5. The van der Waals surface area contributed by atoms with Crippen LogP contribution in [0.5, 0.6) is 0 Å². The van der Waals surface area contributed by atoms with E-state index in [9.17, 15) is 15.2 Å². The number of aliphatic hydroxyl groups excluding tert-OH is 1. The van der Waals surface area contributed by atoms with Gasteiger partial charge in [0, 0.05) is 6.20 Å². The second kappa shape index (κ2) is 5.63. The summed E-state index contributed by atoms with van der Waals surface area (Å²) in [5.74, 6) is 0.0509. The van der Waals surface area contributed by atoms with Gasteiger partial charge in [-0.3, -0.25) is 10.1 Å². The Morgan fingerprint density at radius 1 is 1.53 bits per heavy atom. The first-order chi connectivity index (χ1) is 9.13. The Morgan fingerprint density at radius 2 is 2.26 bits per heavy atom. The van der Waals surface area contributed by atoms with Crippen LogP contribution in [0.2, 0.25) is 0 Å². The standard InChI is InChI=1S/C12H14N4O3/c13-7-8-5-6-14-12(11(8)16(18)19)15-9-3-1-2-4-10(9)17/h5-6,9-10,17H,1-4H2,(H,14,15). The molecular formula is C12H14N4O3. The molecular weight excluding hydrogens is 248 g/mol. The first-order valence-electron chi connectivity index (χ1n) is 6.11. The Bertz CT molecular complexity index is 526. The number of nitrogens with one attached hydrogen (secondary N) is 1. The molecule has 1 aliphatic carbocycles. The van der Waals surface area contributed by atoms with E-state index in [2.05, 4.69) is 10.3 Å². The molecule has 0 spiro atoms. The van der Waals surface area contributed by atoms with Gasteiger partial charge in [-0.15, -0.1) is 0 Å². The molecule has 1 aromatic rings. The minimum atomic E-state index is -0.622. The van der Waals surface area contributed by atoms with Gasteiger partial charge in [-0.2, -0.15) is 5.26 Å². The number of nitro groups is 1. The Labute approximate surface area is 110 Å². The Hall–Kier alpha value is -2.20. The zero-order valence-electron chi connectivity index (χ0n) is 10.2. The van der Waals surface area contributed by atoms with Crippen molar-refractivity contribution in [1.29, 1.82) is 5.26 Å². The maximum atomic E-state index is 11.0. The van der Waals surface area contributed by atoms with Crippen LogP contribution in [0.1, 0.15) is 31.2 Å². The highest BCUT2D eigenvalue weighted by Gasteiger charge is 2.28. The topological polar surface area (TPSA) is 112 Å². The average Bonchev–Trinajstić information content (AvgIpc) is 2.40. The van der Waals surface area contributed by atoms with Crippen molar-refractivity contribution in [2.75, 3.05) is 5.32 Å². The van der Waals surface area contributed by atoms with Crippen LogP contribution >= 0.6 is 0 Å². The third-order valence-electron chi connectivity index (χ3n) is 3.28. The molecule has 2 rings (SSSR count). The van der Waals surface area contributed by atoms with Crippen LogP contribution in [-0.2, 0) is 0 Å². The summed E-state index contributed by atoms with van der Waals surface area (Å²) in [6, 6.07) is 2.83. The summed E-state index contributed by atoms with van der Waals surface area (Å²) in [4.78, 5) is 14.3. The summed E-state index contributed by atoms with van der Waals surface area (Å²) in [5.41, 5.74) is -0.365. The van der Waals surface area contributed by atoms with Crippen LogP contribution in [0.3, 0.4) is 0 Å². The summed E-state index contributed by atoms with van der Waals surface area (Å²) < 4.78 is 0. The molecule has 1 aromatic heterocycles. The van der Waals surface area contributed by atoms with Gasteiger partial charge in [0.2, 0.25) is 5.82 Å². The molecule has 7 nitrogen and oxygen atoms in total. The molecule has 1 fully saturated rings. The fourth-order valence-corrected chi connectivity index (χ4v) is 2.29. The van der Waals surface area contributed by atoms with Gasteiger partial charge in [-0.25, -0.2) is 4.98 Å². The zero-order chi connectivity index (χ0) is 13.8. The van der Waals surface area contributed by atoms with Crippen LogP contribution < -0.4 is 5.32 Å². The summed E-state index contributed by atoms with van der Waals surface area (Å²) in [6.45, 7) is 0. The van der Waals surface area contributed by atoms with E-state index in [4.69, 9.17) is 5.26 Å². The van der Waals surface area contributed by atoms with Gasteiger partial charge in [0.05, 0.1) is 17.1 Å². The highest BCUT2D eigenvalue weighted by molar-refractivity contribution is 5.64. The molecule has 0 aliphatic heterocycles. The van der Waals surface area contributed by atoms with Crippen LogP contribution in [0.4, 0.5) is 11.5 Å². The maximum Gasteiger partial charge on any atom is 0.328 e. The number of nitriles is 1. The lowest BCUT2D eigenvalue weighted by Crippen LogP contribution is -2.36. The minimum absolute atomic E-state index is 0.0344. The van der Waals surface area contributed by atoms with Crippen molar-refractivity contribution in [3.05, 3.63) is 27.9 Å². The van der Waals surface area contributed by atoms with E-state index >= 15 is 0 Å². The van der Waals surface area contributed by atoms with Crippen LogP contribution in [0, 0.1) is 21.4 Å². The molecule has 1 saturated carbocycles. The zero-order valence-corrected chi connectivity index (χ0v) is 10.2. The lowest BCUT2D eigenvalue weighted by molar-refractivity contribution is -0.384. The monoisotopic (exact) mass is 262 g/mol. The third-order valence-corrected chi connectivity index (χ3v) is 3.28. The van der Waals surface area contributed by atoms with E-state index in [-0.39, 0.29) is 23.1 Å². The first-order valence-corrected chi connectivity index (χ1v) is 6.11. The largest absolute Gasteiger partial charge is 0.391 e. The molecule has 19 heavy (non-hydrogen) atoms. The SMILES string of the molecule is N#Cc1ccnc(NC2CCCCC2O)c1[N+](=O)[O-]. The molecule has 2 N–H and O–H groups in total. The van der Waals surface area contributed by atoms with E-state index < -0.39 is 11.0 Å². The average molecular weight is 262 g/mol. The van der Waals surface area contributed by atoms with Gasteiger partial charge in [0.15, 0.2) is 0 Å². The van der Waals surface area contributed by atoms with Crippen LogP contribution in [0.25, 0.3) is 0 Å². The number of aliphatic hydroxyl groups is 1. The van der Waals surface area contributed by atoms with Gasteiger partial charge >= 0.3 is 5.69 Å². The Kier molecular flexibility index (Phi) is 3.92. The Morgan fingerprint density at radius 3 is 2.89 bits per heavy atom. The summed E-state index contributed by atoms with van der Waals surface area (Å²) in [7, 11) is 0. The highest BCUT2D eigenvalue weighted by atomic mass is 16.6. The molecule has 7 heteroatoms. The van der Waals surface area contributed by atoms with Crippen molar-refractivity contribution in [2.24, 2.45) is 0 Å². The van der Waals surface area contributed by atoms with Crippen molar-refractivity contribution in [3.63, 3.8) is 0 Å². The van der Waals surface area contributed by atoms with Gasteiger partial charge < -0.3 is 10.4 Å². The number of aromatic nitrogens is 1. The number of hydrogen-bond donors (Lipinski definition) is 2. The molecule has 1 heterocycles. The molecule has 0 aromatic carbocycles. The van der Waals surface area contributed by atoms with Crippen molar-refractivity contribution >= 4 is 11.5 Å². The molecule has 0 radical (unpaired) electrons. The molecule has 0 amide bonds. The number of rotatable bonds is 3. The van der Waals surface area contributed by atoms with Crippen LogP contribution in [-0.4, -0.2) is 27.2 Å². The van der Waals surface area contributed by atoms with Crippen molar-refractivity contribution in [2.45, 2.75) is 37.8 Å². The van der Waals surface area contributed by atoms with Gasteiger partial charge in [0.25, 0.3) is 0 Å². The fraction of sp³-hybridized carbons (Fsp3) is 0.500.